The van der Waals surface area contributed by atoms with Crippen LogP contribution in [0.3, 0.4) is 0 Å². The van der Waals surface area contributed by atoms with Crippen molar-refractivity contribution in [3.63, 3.8) is 0 Å². The van der Waals surface area contributed by atoms with Crippen LogP contribution in [0.25, 0.3) is 0 Å². The van der Waals surface area contributed by atoms with E-state index < -0.39 is 18.8 Å². The Balaban J connectivity index is 2.60. The van der Waals surface area contributed by atoms with Gasteiger partial charge in [0.2, 0.25) is 0 Å². The molecule has 0 saturated carbocycles. The van der Waals surface area contributed by atoms with Gasteiger partial charge in [-0.05, 0) is 17.7 Å². The molecule has 2 nitrogen and oxygen atoms in total. The molecular weight excluding hydrogens is 205 g/mol. The van der Waals surface area contributed by atoms with Gasteiger partial charge in [-0.2, -0.15) is 5.26 Å². The average molecular weight is 214 g/mol. The van der Waals surface area contributed by atoms with Crippen LogP contribution in [0, 0.1) is 17.1 Å². The maximum absolute atomic E-state index is 12.9. The Morgan fingerprint density at radius 2 is 2.13 bits per heavy atom. The first-order chi connectivity index (χ1) is 7.13. The summed E-state index contributed by atoms with van der Waals surface area (Å²) >= 11 is 0. The van der Waals surface area contributed by atoms with E-state index in [-0.39, 0.29) is 12.1 Å². The second-order valence-corrected chi connectivity index (χ2v) is 2.95. The van der Waals surface area contributed by atoms with E-state index >= 15 is 0 Å². The van der Waals surface area contributed by atoms with Crippen molar-refractivity contribution in [3.8, 4) is 6.07 Å². The van der Waals surface area contributed by atoms with E-state index in [4.69, 9.17) is 5.26 Å². The van der Waals surface area contributed by atoms with Crippen molar-refractivity contribution < 1.29 is 13.2 Å². The van der Waals surface area contributed by atoms with E-state index in [1.54, 1.807) is 6.07 Å². The number of halogens is 3. The van der Waals surface area contributed by atoms with Gasteiger partial charge in [-0.15, -0.1) is 0 Å². The zero-order chi connectivity index (χ0) is 11.3. The standard InChI is InChI=1S/C10H9F3N2/c11-9-2-1-7(3-8(9)4-14)5-15-6-10(12)13/h1-3,10,15H,5-6H2. The third-order valence-electron chi connectivity index (χ3n) is 1.78. The molecule has 5 heteroatoms. The number of alkyl halides is 2. The van der Waals surface area contributed by atoms with Gasteiger partial charge in [-0.25, -0.2) is 13.2 Å². The summed E-state index contributed by atoms with van der Waals surface area (Å²) in [5.41, 5.74) is 0.528. The van der Waals surface area contributed by atoms with E-state index in [2.05, 4.69) is 5.32 Å². The van der Waals surface area contributed by atoms with Crippen LogP contribution < -0.4 is 5.32 Å². The van der Waals surface area contributed by atoms with Crippen molar-refractivity contribution in [2.24, 2.45) is 0 Å². The van der Waals surface area contributed by atoms with Crippen LogP contribution in [0.2, 0.25) is 0 Å². The van der Waals surface area contributed by atoms with Gasteiger partial charge < -0.3 is 5.32 Å². The molecule has 1 aromatic carbocycles. The van der Waals surface area contributed by atoms with Crippen LogP contribution in [0.4, 0.5) is 13.2 Å². The van der Waals surface area contributed by atoms with Crippen LogP contribution in [-0.2, 0) is 6.54 Å². The van der Waals surface area contributed by atoms with E-state index in [1.807, 2.05) is 0 Å². The van der Waals surface area contributed by atoms with Crippen LogP contribution in [0.1, 0.15) is 11.1 Å². The minimum Gasteiger partial charge on any atom is -0.307 e. The fourth-order valence-electron chi connectivity index (χ4n) is 1.09. The molecule has 0 amide bonds. The summed E-state index contributed by atoms with van der Waals surface area (Å²) in [5.74, 6) is -0.602. The van der Waals surface area contributed by atoms with Crippen LogP contribution in [-0.4, -0.2) is 13.0 Å². The molecule has 0 aromatic heterocycles. The lowest BCUT2D eigenvalue weighted by atomic mass is 10.1. The Morgan fingerprint density at radius 3 is 2.73 bits per heavy atom. The second-order valence-electron chi connectivity index (χ2n) is 2.95. The third kappa shape index (κ3) is 3.60. The molecular formula is C10H9F3N2. The van der Waals surface area contributed by atoms with Gasteiger partial charge in [0.05, 0.1) is 12.1 Å². The monoisotopic (exact) mass is 214 g/mol. The van der Waals surface area contributed by atoms with Gasteiger partial charge in [0, 0.05) is 6.54 Å². The Bertz CT molecular complexity index is 371. The lowest BCUT2D eigenvalue weighted by Crippen LogP contribution is -2.20. The fourth-order valence-corrected chi connectivity index (χ4v) is 1.09. The lowest BCUT2D eigenvalue weighted by Gasteiger charge is -2.04. The number of nitrogens with zero attached hydrogens (tertiary/aromatic N) is 1. The summed E-state index contributed by atoms with van der Waals surface area (Å²) in [4.78, 5) is 0. The highest BCUT2D eigenvalue weighted by Gasteiger charge is 2.04. The molecule has 0 fully saturated rings. The maximum atomic E-state index is 12.9. The first-order valence-electron chi connectivity index (χ1n) is 4.31. The molecule has 15 heavy (non-hydrogen) atoms. The average Bonchev–Trinajstić information content (AvgIpc) is 2.20. The molecule has 0 aliphatic rings. The van der Waals surface area contributed by atoms with Gasteiger partial charge in [-0.3, -0.25) is 0 Å². The van der Waals surface area contributed by atoms with Gasteiger partial charge in [0.15, 0.2) is 0 Å². The van der Waals surface area contributed by atoms with Crippen molar-refractivity contribution >= 4 is 0 Å². The topological polar surface area (TPSA) is 35.8 Å². The molecule has 0 saturated heterocycles. The Morgan fingerprint density at radius 1 is 1.40 bits per heavy atom. The van der Waals surface area contributed by atoms with Crippen molar-refractivity contribution in [1.29, 1.82) is 5.26 Å². The SMILES string of the molecule is N#Cc1cc(CNCC(F)F)ccc1F. The van der Waals surface area contributed by atoms with Crippen LogP contribution in [0.5, 0.6) is 0 Å². The molecule has 1 aromatic rings. The highest BCUT2D eigenvalue weighted by molar-refractivity contribution is 5.34. The maximum Gasteiger partial charge on any atom is 0.250 e. The van der Waals surface area contributed by atoms with Crippen molar-refractivity contribution in [2.75, 3.05) is 6.54 Å². The zero-order valence-corrected chi connectivity index (χ0v) is 7.80. The Kier molecular flexibility index (Phi) is 4.13. The number of benzene rings is 1. The Hall–Kier alpha value is -1.54. The summed E-state index contributed by atoms with van der Waals surface area (Å²) in [6, 6.07) is 5.63. The van der Waals surface area contributed by atoms with Crippen LogP contribution in [0.15, 0.2) is 18.2 Å². The largest absolute Gasteiger partial charge is 0.307 e. The van der Waals surface area contributed by atoms with Gasteiger partial charge >= 0.3 is 0 Å². The first kappa shape index (κ1) is 11.5. The quantitative estimate of drug-likeness (QED) is 0.832. The molecule has 0 heterocycles. The number of hydrogen-bond donors (Lipinski definition) is 1. The molecule has 1 N–H and O–H groups in total. The fraction of sp³-hybridized carbons (Fsp3) is 0.300. The van der Waals surface area contributed by atoms with Gasteiger partial charge in [0.1, 0.15) is 11.9 Å². The summed E-state index contributed by atoms with van der Waals surface area (Å²) < 4.78 is 36.4. The summed E-state index contributed by atoms with van der Waals surface area (Å²) in [6.45, 7) is -0.224. The highest BCUT2D eigenvalue weighted by atomic mass is 19.3. The van der Waals surface area contributed by atoms with E-state index in [1.165, 1.54) is 12.1 Å². The number of rotatable bonds is 4. The predicted octanol–water partition coefficient (Wildman–Crippen LogP) is 2.05. The van der Waals surface area contributed by atoms with Crippen molar-refractivity contribution in [2.45, 2.75) is 13.0 Å². The smallest absolute Gasteiger partial charge is 0.250 e. The van der Waals surface area contributed by atoms with Gasteiger partial charge in [0.25, 0.3) is 6.43 Å². The molecule has 0 unspecified atom stereocenters. The molecule has 0 bridgehead atoms. The summed E-state index contributed by atoms with van der Waals surface area (Å²) in [5, 5.41) is 11.0. The predicted molar refractivity (Wildman–Crippen MR) is 48.8 cm³/mol. The third-order valence-corrected chi connectivity index (χ3v) is 1.78. The molecule has 0 atom stereocenters. The van der Waals surface area contributed by atoms with E-state index in [9.17, 15) is 13.2 Å². The Labute approximate surface area is 85.3 Å². The van der Waals surface area contributed by atoms with Crippen molar-refractivity contribution in [3.05, 3.63) is 35.1 Å². The molecule has 80 valence electrons. The normalized spacial score (nSPS) is 10.3. The summed E-state index contributed by atoms with van der Waals surface area (Å²) in [6.07, 6.45) is -2.42. The van der Waals surface area contributed by atoms with Gasteiger partial charge in [-0.1, -0.05) is 6.07 Å². The number of hydrogen-bond acceptors (Lipinski definition) is 2. The lowest BCUT2D eigenvalue weighted by molar-refractivity contribution is 0.145. The minimum absolute atomic E-state index is 0.0775. The number of nitrogens with one attached hydrogen (secondary N) is 1. The molecule has 0 spiro atoms. The first-order valence-corrected chi connectivity index (χ1v) is 4.31. The summed E-state index contributed by atoms with van der Waals surface area (Å²) in [7, 11) is 0. The molecule has 0 radical (unpaired) electrons. The highest BCUT2D eigenvalue weighted by Crippen LogP contribution is 2.09. The zero-order valence-electron chi connectivity index (χ0n) is 7.80. The molecule has 0 aliphatic heterocycles. The van der Waals surface area contributed by atoms with E-state index in [0.717, 1.165) is 6.07 Å². The minimum atomic E-state index is -2.42. The molecule has 1 rings (SSSR count). The van der Waals surface area contributed by atoms with Crippen LogP contribution >= 0.6 is 0 Å². The second kappa shape index (κ2) is 5.37. The van der Waals surface area contributed by atoms with Crippen molar-refractivity contribution in [1.82, 2.24) is 5.32 Å². The molecule has 0 aliphatic carbocycles. The number of nitriles is 1. The van der Waals surface area contributed by atoms with E-state index in [0.29, 0.717) is 5.56 Å².